The number of rotatable bonds is 48. The van der Waals surface area contributed by atoms with Gasteiger partial charge in [0.05, 0.1) is 32.8 Å². The summed E-state index contributed by atoms with van der Waals surface area (Å²) in [6.07, 6.45) is 52.7. The molecule has 0 aliphatic rings. The monoisotopic (exact) mass is 1030 g/mol. The third kappa shape index (κ3) is 49.9. The summed E-state index contributed by atoms with van der Waals surface area (Å²) in [7, 11) is -9.61. The van der Waals surface area contributed by atoms with Gasteiger partial charge in [-0.15, -0.1) is 0 Å². The van der Waals surface area contributed by atoms with Crippen molar-refractivity contribution in [3.8, 4) is 0 Å². The Kier molecular flexibility index (Phi) is 46.1. The van der Waals surface area contributed by atoms with E-state index in [1.807, 2.05) is 12.2 Å². The minimum atomic E-state index is -4.81. The van der Waals surface area contributed by atoms with E-state index in [9.17, 15) is 43.8 Å². The Balaban J connectivity index is 3.97. The Morgan fingerprint density at radius 2 is 0.714 bits per heavy atom. The molecule has 15 nitrogen and oxygen atoms in total. The van der Waals surface area contributed by atoms with Crippen molar-refractivity contribution in [1.82, 2.24) is 0 Å². The first-order chi connectivity index (χ1) is 33.8. The van der Waals surface area contributed by atoms with E-state index in [2.05, 4.69) is 105 Å². The van der Waals surface area contributed by atoms with Gasteiger partial charge in [0.15, 0.2) is 0 Å². The predicted octanol–water partition coefficient (Wildman–Crippen LogP) is 12.3. The molecule has 0 bridgehead atoms. The van der Waals surface area contributed by atoms with Gasteiger partial charge < -0.3 is 34.6 Å². The fraction of sp³-hybridized carbons (Fsp3) is 0.660. The quantitative estimate of drug-likeness (QED) is 0.0165. The molecule has 70 heavy (non-hydrogen) atoms. The summed E-state index contributed by atoms with van der Waals surface area (Å²) in [6, 6.07) is 0. The van der Waals surface area contributed by atoms with E-state index < -0.39 is 85.5 Å². The number of aliphatic hydroxyl groups is 3. The molecule has 5 unspecified atom stereocenters. The number of unbranched alkanes of at least 4 members (excludes halogenated alkanes) is 13. The molecule has 0 fully saturated rings. The normalized spacial score (nSPS) is 15.7. The highest BCUT2D eigenvalue weighted by Gasteiger charge is 2.28. The fourth-order valence-electron chi connectivity index (χ4n) is 6.12. The SMILES string of the molecule is CC/C=C\C/C=C\C/C=C\C/C=C\C/C=C\C/C=C\C/C=C\CC(=O)OCC(O)COP(=O)(O)OCC(O)COP(=O)(O)OCC(O)COC(=O)CCCCCCCCC/C=C/CCCCCCCC. The number of carbonyl (C=O) groups excluding carboxylic acids is 2. The number of allylic oxidation sites excluding steroid dienone is 15. The van der Waals surface area contributed by atoms with E-state index in [1.54, 1.807) is 12.2 Å². The van der Waals surface area contributed by atoms with Crippen molar-refractivity contribution in [2.75, 3.05) is 39.6 Å². The van der Waals surface area contributed by atoms with E-state index in [0.29, 0.717) is 12.8 Å². The number of esters is 2. The summed E-state index contributed by atoms with van der Waals surface area (Å²) in [5.74, 6) is -1.13. The summed E-state index contributed by atoms with van der Waals surface area (Å²) in [5.41, 5.74) is 0. The minimum absolute atomic E-state index is 0.0435. The number of aliphatic hydroxyl groups excluding tert-OH is 3. The summed E-state index contributed by atoms with van der Waals surface area (Å²) >= 11 is 0. The summed E-state index contributed by atoms with van der Waals surface area (Å²) < 4.78 is 53.0. The van der Waals surface area contributed by atoms with Crippen LogP contribution in [0.5, 0.6) is 0 Å². The maximum Gasteiger partial charge on any atom is 0.472 e. The molecule has 0 spiro atoms. The van der Waals surface area contributed by atoms with Gasteiger partial charge in [-0.25, -0.2) is 9.13 Å². The molecule has 5 N–H and O–H groups in total. The first-order valence-corrected chi connectivity index (χ1v) is 28.6. The van der Waals surface area contributed by atoms with Crippen molar-refractivity contribution in [3.05, 3.63) is 97.2 Å². The van der Waals surface area contributed by atoms with Gasteiger partial charge in [-0.2, -0.15) is 0 Å². The van der Waals surface area contributed by atoms with Crippen molar-refractivity contribution in [2.45, 2.75) is 186 Å². The van der Waals surface area contributed by atoms with E-state index in [0.717, 1.165) is 70.6 Å². The van der Waals surface area contributed by atoms with Crippen LogP contribution in [0.15, 0.2) is 97.2 Å². The maximum atomic E-state index is 12.2. The first kappa shape index (κ1) is 67.0. The minimum Gasteiger partial charge on any atom is -0.463 e. The molecule has 402 valence electrons. The van der Waals surface area contributed by atoms with Crippen LogP contribution >= 0.6 is 15.6 Å². The second kappa shape index (κ2) is 48.2. The zero-order valence-corrected chi connectivity index (χ0v) is 44.2. The lowest BCUT2D eigenvalue weighted by Crippen LogP contribution is -2.25. The van der Waals surface area contributed by atoms with Gasteiger partial charge in [-0.3, -0.25) is 27.7 Å². The van der Waals surface area contributed by atoms with Crippen LogP contribution in [0.4, 0.5) is 0 Å². The summed E-state index contributed by atoms with van der Waals surface area (Å²) in [6.45, 7) is 0.169. The molecule has 0 aromatic carbocycles. The Labute approximate surface area is 420 Å². The fourth-order valence-corrected chi connectivity index (χ4v) is 7.71. The van der Waals surface area contributed by atoms with Crippen molar-refractivity contribution < 1.29 is 71.4 Å². The van der Waals surface area contributed by atoms with Gasteiger partial charge >= 0.3 is 27.6 Å². The van der Waals surface area contributed by atoms with Crippen LogP contribution < -0.4 is 0 Å². The lowest BCUT2D eigenvalue weighted by Gasteiger charge is -2.19. The first-order valence-electron chi connectivity index (χ1n) is 25.6. The molecular formula is C53H90O15P2. The van der Waals surface area contributed by atoms with Crippen LogP contribution in [0.25, 0.3) is 0 Å². The van der Waals surface area contributed by atoms with Crippen LogP contribution in [0.1, 0.15) is 168 Å². The molecule has 0 aromatic rings. The van der Waals surface area contributed by atoms with Crippen LogP contribution in [0.3, 0.4) is 0 Å². The van der Waals surface area contributed by atoms with Crippen molar-refractivity contribution in [3.63, 3.8) is 0 Å². The molecule has 5 atom stereocenters. The van der Waals surface area contributed by atoms with Gasteiger partial charge in [-0.1, -0.05) is 175 Å². The highest BCUT2D eigenvalue weighted by atomic mass is 31.2. The summed E-state index contributed by atoms with van der Waals surface area (Å²) in [5, 5.41) is 30.0. The molecule has 0 heterocycles. The molecule has 0 rings (SSSR count). The van der Waals surface area contributed by atoms with Crippen molar-refractivity contribution >= 4 is 27.6 Å². The standard InChI is InChI=1S/C53H90O15P2/c1-3-5-7-9-11-13-15-17-19-21-22-23-24-26-28-30-32-34-36-38-40-42-53(58)64-44-50(55)46-66-70(61,62)68-48-51(56)47-67-69(59,60)65-45-49(54)43-63-52(57)41-39-37-35-33-31-29-27-25-20-18-16-14-12-10-8-6-4-2/h5,7,11,13,17-20,22-23,26,28,32,34,38,40,49-51,54-56H,3-4,6,8-10,12,14-16,21,24-25,27,29-31,33,35-37,39,41-48H2,1-2H3,(H,59,60)(H,61,62)/b7-5-,13-11-,19-17-,20-18+,23-22-,28-26-,34-32-,40-38-. The lowest BCUT2D eigenvalue weighted by molar-refractivity contribution is -0.147. The number of hydrogen-bond donors (Lipinski definition) is 5. The summed E-state index contributed by atoms with van der Waals surface area (Å²) in [4.78, 5) is 43.8. The predicted molar refractivity (Wildman–Crippen MR) is 279 cm³/mol. The van der Waals surface area contributed by atoms with E-state index >= 15 is 0 Å². The van der Waals surface area contributed by atoms with Gasteiger partial charge in [0.1, 0.15) is 31.5 Å². The lowest BCUT2D eigenvalue weighted by atomic mass is 10.1. The number of ether oxygens (including phenoxy) is 2. The maximum absolute atomic E-state index is 12.2. The van der Waals surface area contributed by atoms with Gasteiger partial charge in [0, 0.05) is 6.42 Å². The molecule has 0 saturated heterocycles. The van der Waals surface area contributed by atoms with Crippen LogP contribution in [0, 0.1) is 0 Å². The third-order valence-electron chi connectivity index (χ3n) is 10.1. The molecule has 0 radical (unpaired) electrons. The Hall–Kier alpha value is -3.04. The van der Waals surface area contributed by atoms with Crippen LogP contribution in [-0.2, 0) is 46.3 Å². The second-order valence-corrected chi connectivity index (χ2v) is 19.7. The molecule has 0 amide bonds. The average molecular weight is 1030 g/mol. The number of carbonyl (C=O) groups is 2. The van der Waals surface area contributed by atoms with Gasteiger partial charge in [0.2, 0.25) is 0 Å². The third-order valence-corrected chi connectivity index (χ3v) is 12.0. The number of hydrogen-bond acceptors (Lipinski definition) is 13. The molecule has 0 saturated carbocycles. The Morgan fingerprint density at radius 1 is 0.400 bits per heavy atom. The van der Waals surface area contributed by atoms with Crippen LogP contribution in [0.2, 0.25) is 0 Å². The Bertz CT molecular complexity index is 1620. The average Bonchev–Trinajstić information content (AvgIpc) is 3.34. The molecule has 17 heteroatoms. The zero-order valence-electron chi connectivity index (χ0n) is 42.4. The van der Waals surface area contributed by atoms with Gasteiger partial charge in [0.25, 0.3) is 0 Å². The molecular weight excluding hydrogens is 939 g/mol. The van der Waals surface area contributed by atoms with Crippen molar-refractivity contribution in [1.29, 1.82) is 0 Å². The topological polar surface area (TPSA) is 225 Å². The highest BCUT2D eigenvalue weighted by molar-refractivity contribution is 7.47. The van der Waals surface area contributed by atoms with E-state index in [4.69, 9.17) is 9.47 Å². The number of phosphoric ester groups is 2. The van der Waals surface area contributed by atoms with Gasteiger partial charge in [-0.05, 0) is 77.0 Å². The Morgan fingerprint density at radius 3 is 1.10 bits per heavy atom. The molecule has 0 aliphatic carbocycles. The smallest absolute Gasteiger partial charge is 0.463 e. The highest BCUT2D eigenvalue weighted by Crippen LogP contribution is 2.45. The van der Waals surface area contributed by atoms with E-state index in [1.165, 1.54) is 57.8 Å². The zero-order chi connectivity index (χ0) is 51.7. The van der Waals surface area contributed by atoms with E-state index in [-0.39, 0.29) is 12.8 Å². The van der Waals surface area contributed by atoms with Crippen LogP contribution in [-0.4, -0.2) is 95.0 Å². The molecule has 0 aliphatic heterocycles. The molecule has 0 aromatic heterocycles. The number of phosphoric acid groups is 2. The van der Waals surface area contributed by atoms with Crippen molar-refractivity contribution in [2.24, 2.45) is 0 Å². The second-order valence-electron chi connectivity index (χ2n) is 16.8. The largest absolute Gasteiger partial charge is 0.472 e.